The Balaban J connectivity index is 3.73. The smallest absolute Gasteiger partial charge is 0.146 e. The van der Waals surface area contributed by atoms with Crippen LogP contribution in [-0.2, 0) is 9.59 Å². The van der Waals surface area contributed by atoms with E-state index in [0.717, 1.165) is 19.6 Å². The van der Waals surface area contributed by atoms with Crippen LogP contribution in [0.15, 0.2) is 0 Å². The Bertz CT molecular complexity index is 205. The number of carbonyl (C=O) groups is 2. The van der Waals surface area contributed by atoms with Crippen LogP contribution in [0.1, 0.15) is 33.6 Å². The summed E-state index contributed by atoms with van der Waals surface area (Å²) in [6, 6.07) is -0.174. The van der Waals surface area contributed by atoms with Crippen LogP contribution in [0.3, 0.4) is 0 Å². The van der Waals surface area contributed by atoms with Gasteiger partial charge in [-0.3, -0.25) is 4.79 Å². The van der Waals surface area contributed by atoms with Crippen LogP contribution in [0.2, 0.25) is 0 Å². The van der Waals surface area contributed by atoms with Crippen LogP contribution in [-0.4, -0.2) is 37.2 Å². The molecule has 1 unspecified atom stereocenters. The van der Waals surface area contributed by atoms with Crippen molar-refractivity contribution in [3.63, 3.8) is 0 Å². The third-order valence-electron chi connectivity index (χ3n) is 2.22. The molecule has 2 N–H and O–H groups in total. The zero-order valence-electron chi connectivity index (χ0n) is 9.93. The van der Waals surface area contributed by atoms with Gasteiger partial charge in [-0.2, -0.15) is 0 Å². The summed E-state index contributed by atoms with van der Waals surface area (Å²) in [5, 5.41) is 6.31. The zero-order chi connectivity index (χ0) is 11.7. The topological polar surface area (TPSA) is 58.2 Å². The summed E-state index contributed by atoms with van der Waals surface area (Å²) in [4.78, 5) is 22.0. The Morgan fingerprint density at radius 1 is 1.20 bits per heavy atom. The van der Waals surface area contributed by atoms with Crippen molar-refractivity contribution in [2.45, 2.75) is 39.7 Å². The second kappa shape index (κ2) is 8.56. The third kappa shape index (κ3) is 8.27. The third-order valence-corrected chi connectivity index (χ3v) is 2.22. The van der Waals surface area contributed by atoms with Crippen molar-refractivity contribution in [3.05, 3.63) is 0 Å². The Kier molecular flexibility index (Phi) is 8.14. The van der Waals surface area contributed by atoms with Crippen LogP contribution in [0.4, 0.5) is 0 Å². The average molecular weight is 214 g/mol. The molecule has 0 spiro atoms. The minimum Gasteiger partial charge on any atom is -0.316 e. The highest BCUT2D eigenvalue weighted by molar-refractivity contribution is 5.82. The molecule has 0 rings (SSSR count). The van der Waals surface area contributed by atoms with Crippen LogP contribution >= 0.6 is 0 Å². The number of nitrogens with one attached hydrogen (secondary N) is 2. The van der Waals surface area contributed by atoms with Crippen molar-refractivity contribution in [1.29, 1.82) is 0 Å². The highest BCUT2D eigenvalue weighted by Crippen LogP contribution is 1.99. The molecule has 0 heterocycles. The largest absolute Gasteiger partial charge is 0.316 e. The molecule has 0 radical (unpaired) electrons. The maximum Gasteiger partial charge on any atom is 0.146 e. The standard InChI is InChI=1S/C11H22N2O2/c1-4-12-7-8-13-11(10(3)15)6-5-9(2)14/h11-13H,4-8H2,1-3H3. The molecule has 15 heavy (non-hydrogen) atoms. The first kappa shape index (κ1) is 14.3. The summed E-state index contributed by atoms with van der Waals surface area (Å²) >= 11 is 0. The zero-order valence-corrected chi connectivity index (χ0v) is 9.93. The second-order valence-corrected chi connectivity index (χ2v) is 3.71. The molecule has 0 saturated carbocycles. The molecular weight excluding hydrogens is 192 g/mol. The predicted octanol–water partition coefficient (Wildman–Crippen LogP) is 0.512. The Morgan fingerprint density at radius 3 is 2.33 bits per heavy atom. The van der Waals surface area contributed by atoms with Gasteiger partial charge in [-0.25, -0.2) is 0 Å². The highest BCUT2D eigenvalue weighted by Gasteiger charge is 2.13. The van der Waals surface area contributed by atoms with Gasteiger partial charge < -0.3 is 15.4 Å². The Morgan fingerprint density at radius 2 is 1.87 bits per heavy atom. The van der Waals surface area contributed by atoms with Crippen molar-refractivity contribution in [3.8, 4) is 0 Å². The van der Waals surface area contributed by atoms with Crippen LogP contribution in [0.5, 0.6) is 0 Å². The van der Waals surface area contributed by atoms with E-state index in [2.05, 4.69) is 10.6 Å². The van der Waals surface area contributed by atoms with Crippen molar-refractivity contribution in [1.82, 2.24) is 10.6 Å². The van der Waals surface area contributed by atoms with E-state index in [1.165, 1.54) is 0 Å². The van der Waals surface area contributed by atoms with E-state index in [9.17, 15) is 9.59 Å². The lowest BCUT2D eigenvalue weighted by Gasteiger charge is -2.15. The van der Waals surface area contributed by atoms with E-state index in [1.54, 1.807) is 13.8 Å². The number of hydrogen-bond acceptors (Lipinski definition) is 4. The van der Waals surface area contributed by atoms with E-state index < -0.39 is 0 Å². The van der Waals surface area contributed by atoms with Crippen LogP contribution in [0, 0.1) is 0 Å². The average Bonchev–Trinajstić information content (AvgIpc) is 2.15. The summed E-state index contributed by atoms with van der Waals surface area (Å²) in [5.74, 6) is 0.238. The molecule has 0 aromatic heterocycles. The summed E-state index contributed by atoms with van der Waals surface area (Å²) < 4.78 is 0. The lowest BCUT2D eigenvalue weighted by Crippen LogP contribution is -2.39. The Hall–Kier alpha value is -0.740. The van der Waals surface area contributed by atoms with Gasteiger partial charge >= 0.3 is 0 Å². The quantitative estimate of drug-likeness (QED) is 0.549. The maximum atomic E-state index is 11.2. The van der Waals surface area contributed by atoms with Crippen molar-refractivity contribution in [2.24, 2.45) is 0 Å². The molecule has 0 amide bonds. The van der Waals surface area contributed by atoms with E-state index in [-0.39, 0.29) is 17.6 Å². The van der Waals surface area contributed by atoms with Gasteiger partial charge in [-0.05, 0) is 26.8 Å². The molecular formula is C11H22N2O2. The molecule has 0 aliphatic rings. The summed E-state index contributed by atoms with van der Waals surface area (Å²) in [6.45, 7) is 7.69. The second-order valence-electron chi connectivity index (χ2n) is 3.71. The molecule has 4 nitrogen and oxygen atoms in total. The molecule has 0 aliphatic carbocycles. The molecule has 0 aromatic carbocycles. The number of hydrogen-bond donors (Lipinski definition) is 2. The van der Waals surface area contributed by atoms with Gasteiger partial charge in [-0.15, -0.1) is 0 Å². The summed E-state index contributed by atoms with van der Waals surface area (Å²) in [5.41, 5.74) is 0. The molecule has 4 heteroatoms. The van der Waals surface area contributed by atoms with Gasteiger partial charge in [0.05, 0.1) is 6.04 Å². The number of rotatable bonds is 9. The molecule has 0 aliphatic heterocycles. The molecule has 88 valence electrons. The molecule has 1 atom stereocenters. The van der Waals surface area contributed by atoms with Gasteiger partial charge in [-0.1, -0.05) is 6.92 Å². The molecule has 0 bridgehead atoms. The first-order chi connectivity index (χ1) is 7.07. The van der Waals surface area contributed by atoms with Crippen molar-refractivity contribution in [2.75, 3.05) is 19.6 Å². The summed E-state index contributed by atoms with van der Waals surface area (Å²) in [7, 11) is 0. The monoisotopic (exact) mass is 214 g/mol. The fourth-order valence-electron chi connectivity index (χ4n) is 1.31. The number of likely N-dealkylation sites (N-methyl/N-ethyl adjacent to an activating group) is 1. The molecule has 0 saturated heterocycles. The molecule has 0 fully saturated rings. The first-order valence-corrected chi connectivity index (χ1v) is 5.52. The Labute approximate surface area is 91.8 Å². The van der Waals surface area contributed by atoms with E-state index in [1.807, 2.05) is 6.92 Å². The first-order valence-electron chi connectivity index (χ1n) is 5.52. The van der Waals surface area contributed by atoms with E-state index in [0.29, 0.717) is 12.8 Å². The van der Waals surface area contributed by atoms with Gasteiger partial charge in [0.1, 0.15) is 11.6 Å². The van der Waals surface area contributed by atoms with Gasteiger partial charge in [0, 0.05) is 19.5 Å². The van der Waals surface area contributed by atoms with Gasteiger partial charge in [0.2, 0.25) is 0 Å². The maximum absolute atomic E-state index is 11.2. The number of Topliss-reactive ketones (excluding diaryl/α,β-unsaturated/α-hetero) is 2. The fraction of sp³-hybridized carbons (Fsp3) is 0.818. The fourth-order valence-corrected chi connectivity index (χ4v) is 1.31. The minimum absolute atomic E-state index is 0.104. The summed E-state index contributed by atoms with van der Waals surface area (Å²) in [6.07, 6.45) is 1.08. The van der Waals surface area contributed by atoms with E-state index >= 15 is 0 Å². The number of ketones is 2. The van der Waals surface area contributed by atoms with E-state index in [4.69, 9.17) is 0 Å². The van der Waals surface area contributed by atoms with Gasteiger partial charge in [0.25, 0.3) is 0 Å². The van der Waals surface area contributed by atoms with Crippen LogP contribution < -0.4 is 10.6 Å². The lowest BCUT2D eigenvalue weighted by atomic mass is 10.1. The minimum atomic E-state index is -0.174. The SMILES string of the molecule is CCNCCNC(CCC(C)=O)C(C)=O. The normalized spacial score (nSPS) is 12.5. The number of carbonyl (C=O) groups excluding carboxylic acids is 2. The van der Waals surface area contributed by atoms with Crippen LogP contribution in [0.25, 0.3) is 0 Å². The van der Waals surface area contributed by atoms with Crippen molar-refractivity contribution < 1.29 is 9.59 Å². The molecule has 0 aromatic rings. The highest BCUT2D eigenvalue weighted by atomic mass is 16.1. The lowest BCUT2D eigenvalue weighted by molar-refractivity contribution is -0.119. The van der Waals surface area contributed by atoms with Crippen molar-refractivity contribution >= 4 is 11.6 Å². The van der Waals surface area contributed by atoms with Gasteiger partial charge in [0.15, 0.2) is 0 Å². The predicted molar refractivity (Wildman–Crippen MR) is 60.9 cm³/mol.